The Balaban J connectivity index is 1.54. The fourth-order valence-electron chi connectivity index (χ4n) is 5.03. The van der Waals surface area contributed by atoms with Gasteiger partial charge in [-0.1, -0.05) is 18.6 Å². The molecule has 28 heavy (non-hydrogen) atoms. The first-order chi connectivity index (χ1) is 13.4. The van der Waals surface area contributed by atoms with Crippen LogP contribution < -0.4 is 0 Å². The van der Waals surface area contributed by atoms with Crippen LogP contribution in [0.25, 0.3) is 11.5 Å². The van der Waals surface area contributed by atoms with Gasteiger partial charge in [0.05, 0.1) is 11.1 Å². The second-order valence-corrected chi connectivity index (χ2v) is 8.42. The van der Waals surface area contributed by atoms with E-state index in [9.17, 15) is 13.2 Å². The zero-order chi connectivity index (χ0) is 19.8. The van der Waals surface area contributed by atoms with Gasteiger partial charge in [-0.3, -0.25) is 0 Å². The molecule has 3 saturated carbocycles. The highest BCUT2D eigenvalue weighted by atomic mass is 19.4. The van der Waals surface area contributed by atoms with Gasteiger partial charge < -0.3 is 9.52 Å². The van der Waals surface area contributed by atoms with Crippen LogP contribution >= 0.6 is 0 Å². The van der Waals surface area contributed by atoms with E-state index < -0.39 is 11.7 Å². The average Bonchev–Trinajstić information content (AvgIpc) is 3.20. The molecule has 1 N–H and O–H groups in total. The largest absolute Gasteiger partial charge is 0.420 e. The topological polar surface area (TPSA) is 59.2 Å². The fourth-order valence-corrected chi connectivity index (χ4v) is 5.03. The van der Waals surface area contributed by atoms with Gasteiger partial charge in [0, 0.05) is 12.0 Å². The van der Waals surface area contributed by atoms with Crippen LogP contribution in [0.1, 0.15) is 69.2 Å². The predicted molar refractivity (Wildman–Crippen MR) is 97.5 cm³/mol. The fraction of sp³-hybridized carbons (Fsp3) is 0.619. The van der Waals surface area contributed by atoms with Crippen LogP contribution in [0.2, 0.25) is 0 Å². The lowest BCUT2D eigenvalue weighted by Gasteiger charge is -2.52. The van der Waals surface area contributed by atoms with Crippen LogP contribution in [0, 0.1) is 5.41 Å². The van der Waals surface area contributed by atoms with Crippen LogP contribution in [0.4, 0.5) is 13.2 Å². The second-order valence-electron chi connectivity index (χ2n) is 8.42. The Bertz CT molecular complexity index is 807. The maximum Gasteiger partial charge on any atom is 0.417 e. The number of aliphatic hydroxyl groups excluding tert-OH is 1. The third kappa shape index (κ3) is 3.45. The summed E-state index contributed by atoms with van der Waals surface area (Å²) >= 11 is 0. The lowest BCUT2D eigenvalue weighted by atomic mass is 9.52. The maximum atomic E-state index is 13.3. The van der Waals surface area contributed by atoms with Gasteiger partial charge in [0.1, 0.15) is 0 Å². The predicted octanol–water partition coefficient (Wildman–Crippen LogP) is 5.51. The molecule has 0 amide bonds. The monoisotopic (exact) mass is 394 g/mol. The van der Waals surface area contributed by atoms with Gasteiger partial charge in [0.2, 0.25) is 11.8 Å². The summed E-state index contributed by atoms with van der Waals surface area (Å²) in [5, 5.41) is 17.2. The number of benzene rings is 1. The number of nitrogens with zero attached hydrogens (tertiary/aromatic N) is 2. The van der Waals surface area contributed by atoms with Crippen LogP contribution in [-0.4, -0.2) is 21.9 Å². The highest BCUT2D eigenvalue weighted by Gasteiger charge is 2.51. The number of hydrogen-bond acceptors (Lipinski definition) is 4. The molecule has 2 bridgehead atoms. The van der Waals surface area contributed by atoms with E-state index in [1.165, 1.54) is 12.1 Å². The van der Waals surface area contributed by atoms with Crippen molar-refractivity contribution < 1.29 is 22.7 Å². The third-order valence-corrected chi connectivity index (χ3v) is 6.86. The van der Waals surface area contributed by atoms with Gasteiger partial charge in [-0.05, 0) is 68.9 Å². The number of hydrogen-bond donors (Lipinski definition) is 1. The van der Waals surface area contributed by atoms with Crippen molar-refractivity contribution in [3.05, 3.63) is 35.7 Å². The molecule has 0 aliphatic heterocycles. The summed E-state index contributed by atoms with van der Waals surface area (Å²) in [6, 6.07) is 5.33. The Morgan fingerprint density at radius 3 is 2.29 bits per heavy atom. The van der Waals surface area contributed by atoms with Crippen LogP contribution in [-0.2, 0) is 11.6 Å². The van der Waals surface area contributed by atoms with Crippen molar-refractivity contribution in [1.29, 1.82) is 0 Å². The molecule has 5 rings (SSSR count). The molecule has 2 aromatic rings. The van der Waals surface area contributed by atoms with Crippen molar-refractivity contribution in [2.75, 3.05) is 6.61 Å². The highest BCUT2D eigenvalue weighted by Crippen LogP contribution is 2.59. The van der Waals surface area contributed by atoms with E-state index in [-0.39, 0.29) is 23.5 Å². The van der Waals surface area contributed by atoms with Crippen molar-refractivity contribution in [3.63, 3.8) is 0 Å². The van der Waals surface area contributed by atoms with Gasteiger partial charge in [0.15, 0.2) is 0 Å². The van der Waals surface area contributed by atoms with E-state index in [0.717, 1.165) is 63.9 Å². The molecular formula is C21H25F3N2O2. The molecule has 4 nitrogen and oxygen atoms in total. The quantitative estimate of drug-likeness (QED) is 0.657. The second kappa shape index (κ2) is 7.17. The summed E-state index contributed by atoms with van der Waals surface area (Å²) in [5.74, 6) is 0.436. The summed E-state index contributed by atoms with van der Waals surface area (Å²) in [6.07, 6.45) is 4.61. The van der Waals surface area contributed by atoms with E-state index >= 15 is 0 Å². The zero-order valence-corrected chi connectivity index (χ0v) is 15.8. The molecule has 7 heteroatoms. The van der Waals surface area contributed by atoms with Crippen molar-refractivity contribution >= 4 is 0 Å². The van der Waals surface area contributed by atoms with E-state index in [4.69, 9.17) is 9.52 Å². The van der Waals surface area contributed by atoms with E-state index in [1.54, 1.807) is 6.07 Å². The minimum Gasteiger partial charge on any atom is -0.420 e. The van der Waals surface area contributed by atoms with Crippen molar-refractivity contribution in [2.24, 2.45) is 5.41 Å². The van der Waals surface area contributed by atoms with Gasteiger partial charge in [-0.25, -0.2) is 0 Å². The first-order valence-electron chi connectivity index (χ1n) is 9.99. The molecule has 1 aromatic heterocycles. The molecule has 3 aliphatic carbocycles. The van der Waals surface area contributed by atoms with Crippen molar-refractivity contribution in [3.8, 4) is 11.5 Å². The number of rotatable bonds is 6. The summed E-state index contributed by atoms with van der Waals surface area (Å²) in [6.45, 7) is 0.240. The van der Waals surface area contributed by atoms with Gasteiger partial charge >= 0.3 is 6.18 Å². The van der Waals surface area contributed by atoms with E-state index in [0.29, 0.717) is 11.3 Å². The number of unbranched alkanes of at least 4 members (excludes halogenated alkanes) is 1. The standard InChI is InChI=1S/C21H25F3N2O2/c22-21(23,24)16-6-2-1-5-15(16)17-25-26-18(28-17)20-11-8-19(9-12-20,10-13-20)7-3-4-14-27/h1-2,5-6,27H,3-4,7-14H2. The van der Waals surface area contributed by atoms with Gasteiger partial charge in [0.25, 0.3) is 0 Å². The number of aromatic nitrogens is 2. The third-order valence-electron chi connectivity index (χ3n) is 6.86. The van der Waals surface area contributed by atoms with Crippen molar-refractivity contribution in [2.45, 2.75) is 69.4 Å². The number of fused-ring (bicyclic) bond motifs is 3. The van der Waals surface area contributed by atoms with E-state index in [1.807, 2.05) is 0 Å². The molecule has 0 atom stereocenters. The Morgan fingerprint density at radius 1 is 0.964 bits per heavy atom. The highest BCUT2D eigenvalue weighted by molar-refractivity contribution is 5.59. The first-order valence-corrected chi connectivity index (χ1v) is 9.99. The molecule has 0 unspecified atom stereocenters. The summed E-state index contributed by atoms with van der Waals surface area (Å²) < 4.78 is 45.8. The Kier molecular flexibility index (Phi) is 4.98. The molecule has 0 spiro atoms. The molecular weight excluding hydrogens is 369 g/mol. The van der Waals surface area contributed by atoms with Gasteiger partial charge in [-0.15, -0.1) is 10.2 Å². The molecule has 1 aromatic carbocycles. The molecule has 3 aliphatic rings. The Hall–Kier alpha value is -1.89. The minimum absolute atomic E-state index is 0.0531. The summed E-state index contributed by atoms with van der Waals surface area (Å²) in [5.41, 5.74) is -0.659. The molecule has 0 saturated heterocycles. The average molecular weight is 394 g/mol. The Labute approximate surface area is 162 Å². The molecule has 0 radical (unpaired) electrons. The lowest BCUT2D eigenvalue weighted by Crippen LogP contribution is -2.44. The molecule has 3 fully saturated rings. The van der Waals surface area contributed by atoms with Crippen LogP contribution in [0.5, 0.6) is 0 Å². The minimum atomic E-state index is -4.46. The van der Waals surface area contributed by atoms with Gasteiger partial charge in [-0.2, -0.15) is 13.2 Å². The summed E-state index contributed by atoms with van der Waals surface area (Å²) in [7, 11) is 0. The van der Waals surface area contributed by atoms with E-state index in [2.05, 4.69) is 10.2 Å². The molecule has 152 valence electrons. The summed E-state index contributed by atoms with van der Waals surface area (Å²) in [4.78, 5) is 0. The van der Waals surface area contributed by atoms with Crippen LogP contribution in [0.3, 0.4) is 0 Å². The first kappa shape index (κ1) is 19.4. The van der Waals surface area contributed by atoms with Crippen LogP contribution in [0.15, 0.2) is 28.7 Å². The SMILES string of the molecule is OCCCCC12CCC(c3nnc(-c4ccccc4C(F)(F)F)o3)(CC1)CC2. The smallest absolute Gasteiger partial charge is 0.417 e. The number of aliphatic hydroxyl groups is 1. The normalized spacial score (nSPS) is 27.3. The van der Waals surface area contributed by atoms with Crippen molar-refractivity contribution in [1.82, 2.24) is 10.2 Å². The Morgan fingerprint density at radius 2 is 1.64 bits per heavy atom. The zero-order valence-electron chi connectivity index (χ0n) is 15.8. The lowest BCUT2D eigenvalue weighted by molar-refractivity contribution is -0.137. The maximum absolute atomic E-state index is 13.3. The number of alkyl halides is 3. The molecule has 1 heterocycles. The number of halogens is 3.